The minimum Gasteiger partial charge on any atom is -0.324 e. The highest BCUT2D eigenvalue weighted by molar-refractivity contribution is 9.10. The highest BCUT2D eigenvalue weighted by Gasteiger charge is 2.16. The normalized spacial score (nSPS) is 11.3. The van der Waals surface area contributed by atoms with E-state index < -0.39 is 0 Å². The Labute approximate surface area is 124 Å². The summed E-state index contributed by atoms with van der Waals surface area (Å²) in [6, 6.07) is 8.45. The molecule has 0 atom stereocenters. The fraction of sp³-hybridized carbons (Fsp3) is 0.214. The number of hydrogen-bond donors (Lipinski definition) is 1. The standard InChI is InChI=1S/C14H14BrN3S/c1-16-7-12-17-13(14(15)18(12)2)10-8-19-11-6-4-3-5-9(10)11/h3-6,8,16H,7H2,1-2H3. The average Bonchev–Trinajstić information content (AvgIpc) is 2.96. The molecule has 3 nitrogen and oxygen atoms in total. The molecule has 2 aromatic heterocycles. The number of fused-ring (bicyclic) bond motifs is 1. The number of halogens is 1. The molecule has 0 radical (unpaired) electrons. The molecule has 0 bridgehead atoms. The third kappa shape index (κ3) is 2.12. The molecule has 0 fully saturated rings. The van der Waals surface area contributed by atoms with Gasteiger partial charge in [-0.15, -0.1) is 11.3 Å². The Balaban J connectivity index is 2.19. The molecule has 0 aliphatic rings. The van der Waals surface area contributed by atoms with Crippen LogP contribution in [0.5, 0.6) is 0 Å². The summed E-state index contributed by atoms with van der Waals surface area (Å²) in [6.07, 6.45) is 0. The monoisotopic (exact) mass is 335 g/mol. The van der Waals surface area contributed by atoms with Gasteiger partial charge in [0.2, 0.25) is 0 Å². The van der Waals surface area contributed by atoms with Gasteiger partial charge in [0.1, 0.15) is 16.1 Å². The van der Waals surface area contributed by atoms with E-state index in [1.807, 2.05) is 14.1 Å². The molecule has 0 aliphatic heterocycles. The maximum atomic E-state index is 4.75. The van der Waals surface area contributed by atoms with Crippen molar-refractivity contribution in [1.82, 2.24) is 14.9 Å². The van der Waals surface area contributed by atoms with E-state index in [1.54, 1.807) is 11.3 Å². The SMILES string of the molecule is CNCc1nc(-c2csc3ccccc23)c(Br)n1C. The van der Waals surface area contributed by atoms with E-state index in [2.05, 4.69) is 55.5 Å². The Morgan fingerprint density at radius 2 is 2.16 bits per heavy atom. The van der Waals surface area contributed by atoms with Crippen molar-refractivity contribution < 1.29 is 0 Å². The van der Waals surface area contributed by atoms with Crippen molar-refractivity contribution in [2.75, 3.05) is 7.05 Å². The zero-order valence-corrected chi connectivity index (χ0v) is 13.2. The highest BCUT2D eigenvalue weighted by atomic mass is 79.9. The van der Waals surface area contributed by atoms with Gasteiger partial charge in [-0.3, -0.25) is 0 Å². The first-order chi connectivity index (χ1) is 9.22. The lowest BCUT2D eigenvalue weighted by atomic mass is 10.1. The predicted octanol–water partition coefficient (Wildman–Crippen LogP) is 3.78. The average molecular weight is 336 g/mol. The van der Waals surface area contributed by atoms with Gasteiger partial charge in [-0.25, -0.2) is 4.98 Å². The molecule has 3 aromatic rings. The maximum absolute atomic E-state index is 4.75. The van der Waals surface area contributed by atoms with Crippen molar-refractivity contribution in [2.45, 2.75) is 6.54 Å². The van der Waals surface area contributed by atoms with Crippen LogP contribution in [0.1, 0.15) is 5.82 Å². The minimum atomic E-state index is 0.761. The van der Waals surface area contributed by atoms with Crippen LogP contribution in [0.15, 0.2) is 34.2 Å². The topological polar surface area (TPSA) is 29.9 Å². The second kappa shape index (κ2) is 5.07. The largest absolute Gasteiger partial charge is 0.324 e. The van der Waals surface area contributed by atoms with E-state index in [-0.39, 0.29) is 0 Å². The molecule has 0 amide bonds. The van der Waals surface area contributed by atoms with Crippen LogP contribution in [0.3, 0.4) is 0 Å². The van der Waals surface area contributed by atoms with Crippen LogP contribution >= 0.6 is 27.3 Å². The van der Waals surface area contributed by atoms with Crippen LogP contribution < -0.4 is 5.32 Å². The maximum Gasteiger partial charge on any atom is 0.124 e. The number of nitrogens with one attached hydrogen (secondary N) is 1. The first-order valence-corrected chi connectivity index (χ1v) is 7.72. The van der Waals surface area contributed by atoms with Crippen molar-refractivity contribution in [3.63, 3.8) is 0 Å². The molecule has 1 aromatic carbocycles. The first-order valence-electron chi connectivity index (χ1n) is 6.04. The van der Waals surface area contributed by atoms with Crippen LogP contribution in [0.25, 0.3) is 21.3 Å². The number of imidazole rings is 1. The van der Waals surface area contributed by atoms with Crippen molar-refractivity contribution in [3.8, 4) is 11.3 Å². The van der Waals surface area contributed by atoms with E-state index >= 15 is 0 Å². The van der Waals surface area contributed by atoms with Crippen molar-refractivity contribution in [2.24, 2.45) is 7.05 Å². The molecule has 2 heterocycles. The Bertz CT molecular complexity index is 729. The quantitative estimate of drug-likeness (QED) is 0.789. The summed E-state index contributed by atoms with van der Waals surface area (Å²) in [6.45, 7) is 0.761. The van der Waals surface area contributed by atoms with Crippen molar-refractivity contribution >= 4 is 37.4 Å². The summed E-state index contributed by atoms with van der Waals surface area (Å²) < 4.78 is 4.41. The number of aromatic nitrogens is 2. The predicted molar refractivity (Wildman–Crippen MR) is 84.5 cm³/mol. The summed E-state index contributed by atoms with van der Waals surface area (Å²) >= 11 is 5.42. The molecule has 5 heteroatoms. The van der Waals surface area contributed by atoms with Gasteiger partial charge in [-0.1, -0.05) is 18.2 Å². The van der Waals surface area contributed by atoms with Crippen LogP contribution in [0, 0.1) is 0 Å². The molecule has 0 saturated heterocycles. The minimum absolute atomic E-state index is 0.761. The number of nitrogens with zero attached hydrogens (tertiary/aromatic N) is 2. The fourth-order valence-electron chi connectivity index (χ4n) is 2.17. The molecule has 0 unspecified atom stereocenters. The van der Waals surface area contributed by atoms with Gasteiger partial charge in [-0.2, -0.15) is 0 Å². The van der Waals surface area contributed by atoms with E-state index in [9.17, 15) is 0 Å². The van der Waals surface area contributed by atoms with Gasteiger partial charge in [0, 0.05) is 28.1 Å². The first kappa shape index (κ1) is 12.8. The van der Waals surface area contributed by atoms with Gasteiger partial charge in [0.25, 0.3) is 0 Å². The summed E-state index contributed by atoms with van der Waals surface area (Å²) in [5.41, 5.74) is 2.22. The van der Waals surface area contributed by atoms with E-state index in [4.69, 9.17) is 4.98 Å². The van der Waals surface area contributed by atoms with Gasteiger partial charge < -0.3 is 9.88 Å². The van der Waals surface area contributed by atoms with E-state index in [0.717, 1.165) is 22.7 Å². The van der Waals surface area contributed by atoms with E-state index in [0.29, 0.717) is 0 Å². The van der Waals surface area contributed by atoms with Crippen molar-refractivity contribution in [1.29, 1.82) is 0 Å². The molecular formula is C14H14BrN3S. The van der Waals surface area contributed by atoms with E-state index in [1.165, 1.54) is 15.6 Å². The second-order valence-corrected chi connectivity index (χ2v) is 6.06. The smallest absolute Gasteiger partial charge is 0.124 e. The zero-order chi connectivity index (χ0) is 13.4. The third-order valence-corrected chi connectivity index (χ3v) is 5.06. The van der Waals surface area contributed by atoms with Gasteiger partial charge in [0.15, 0.2) is 0 Å². The highest BCUT2D eigenvalue weighted by Crippen LogP contribution is 2.37. The summed E-state index contributed by atoms with van der Waals surface area (Å²) in [4.78, 5) is 4.75. The number of thiophene rings is 1. The molecular weight excluding hydrogens is 322 g/mol. The molecule has 0 aliphatic carbocycles. The lowest BCUT2D eigenvalue weighted by Crippen LogP contribution is -2.10. The summed E-state index contributed by atoms with van der Waals surface area (Å²) in [7, 11) is 3.96. The Kier molecular flexibility index (Phi) is 3.43. The zero-order valence-electron chi connectivity index (χ0n) is 10.8. The lowest BCUT2D eigenvalue weighted by molar-refractivity contribution is 0.704. The Hall–Kier alpha value is -1.17. The second-order valence-electron chi connectivity index (χ2n) is 4.40. The molecule has 19 heavy (non-hydrogen) atoms. The number of benzene rings is 1. The number of hydrogen-bond acceptors (Lipinski definition) is 3. The Morgan fingerprint density at radius 1 is 1.37 bits per heavy atom. The Morgan fingerprint density at radius 3 is 2.95 bits per heavy atom. The molecule has 0 saturated carbocycles. The summed E-state index contributed by atoms with van der Waals surface area (Å²) in [5.74, 6) is 1.03. The number of rotatable bonds is 3. The van der Waals surface area contributed by atoms with Crippen LogP contribution in [-0.4, -0.2) is 16.6 Å². The third-order valence-electron chi connectivity index (χ3n) is 3.19. The van der Waals surface area contributed by atoms with Gasteiger partial charge >= 0.3 is 0 Å². The molecule has 3 rings (SSSR count). The van der Waals surface area contributed by atoms with Crippen LogP contribution in [-0.2, 0) is 13.6 Å². The molecule has 1 N–H and O–H groups in total. The van der Waals surface area contributed by atoms with Crippen molar-refractivity contribution in [3.05, 3.63) is 40.1 Å². The van der Waals surface area contributed by atoms with Crippen LogP contribution in [0.2, 0.25) is 0 Å². The summed E-state index contributed by atoms with van der Waals surface area (Å²) in [5, 5.41) is 6.59. The molecule has 98 valence electrons. The van der Waals surface area contributed by atoms with Crippen LogP contribution in [0.4, 0.5) is 0 Å². The lowest BCUT2D eigenvalue weighted by Gasteiger charge is -2.00. The van der Waals surface area contributed by atoms with Gasteiger partial charge in [0.05, 0.1) is 6.54 Å². The van der Waals surface area contributed by atoms with Gasteiger partial charge in [-0.05, 0) is 29.0 Å². The fourth-order valence-corrected chi connectivity index (χ4v) is 3.62. The molecule has 0 spiro atoms.